The van der Waals surface area contributed by atoms with Crippen LogP contribution in [0, 0.1) is 11.6 Å². The first kappa shape index (κ1) is 26.2. The summed E-state index contributed by atoms with van der Waals surface area (Å²) < 4.78 is 58.3. The predicted molar refractivity (Wildman–Crippen MR) is 132 cm³/mol. The number of nitrogen functional groups attached to an aromatic ring is 1. The van der Waals surface area contributed by atoms with Gasteiger partial charge >= 0.3 is 5.97 Å². The minimum Gasteiger partial charge on any atom is -0.480 e. The van der Waals surface area contributed by atoms with Crippen molar-refractivity contribution in [2.45, 2.75) is 17.4 Å². The van der Waals surface area contributed by atoms with Crippen LogP contribution in [0.15, 0.2) is 78.2 Å². The lowest BCUT2D eigenvalue weighted by Crippen LogP contribution is -2.42. The zero-order chi connectivity index (χ0) is 27.4. The van der Waals surface area contributed by atoms with Gasteiger partial charge in [0.1, 0.15) is 30.3 Å². The lowest BCUT2D eigenvalue weighted by molar-refractivity contribution is -0.139. The summed E-state index contributed by atoms with van der Waals surface area (Å²) in [6, 6.07) is 11.1. The number of rotatable bonds is 9. The molecule has 3 aromatic carbocycles. The minimum atomic E-state index is -4.33. The van der Waals surface area contributed by atoms with E-state index in [9.17, 15) is 31.9 Å². The second-order valence-electron chi connectivity index (χ2n) is 8.06. The van der Waals surface area contributed by atoms with Gasteiger partial charge in [-0.05, 0) is 48.0 Å². The van der Waals surface area contributed by atoms with Gasteiger partial charge in [0.25, 0.3) is 15.9 Å². The van der Waals surface area contributed by atoms with E-state index in [1.54, 1.807) is 24.3 Å². The second kappa shape index (κ2) is 10.6. The summed E-state index contributed by atoms with van der Waals surface area (Å²) in [5, 5.41) is 15.5. The summed E-state index contributed by atoms with van der Waals surface area (Å²) >= 11 is 0. The van der Waals surface area contributed by atoms with Gasteiger partial charge in [-0.2, -0.15) is 5.10 Å². The van der Waals surface area contributed by atoms with Crippen LogP contribution in [0.5, 0.6) is 0 Å². The number of carboxylic acid groups (broad SMARTS) is 1. The van der Waals surface area contributed by atoms with Gasteiger partial charge in [-0.25, -0.2) is 31.7 Å². The Morgan fingerprint density at radius 3 is 2.32 bits per heavy atom. The number of anilines is 2. The van der Waals surface area contributed by atoms with Crippen molar-refractivity contribution in [3.8, 4) is 5.69 Å². The number of nitrogens with two attached hydrogens (primary N) is 1. The minimum absolute atomic E-state index is 0.140. The van der Waals surface area contributed by atoms with Crippen molar-refractivity contribution >= 4 is 33.3 Å². The molecule has 196 valence electrons. The number of carboxylic acids is 1. The van der Waals surface area contributed by atoms with Crippen LogP contribution in [0.2, 0.25) is 0 Å². The monoisotopic (exact) mass is 542 g/mol. The number of hydrogen-bond acceptors (Lipinski definition) is 7. The van der Waals surface area contributed by atoms with Gasteiger partial charge in [-0.3, -0.25) is 9.52 Å². The number of halogens is 2. The predicted octanol–water partition coefficient (Wildman–Crippen LogP) is 2.35. The summed E-state index contributed by atoms with van der Waals surface area (Å²) in [6.07, 6.45) is 2.57. The summed E-state index contributed by atoms with van der Waals surface area (Å²) in [7, 11) is -4.33. The average molecular weight is 543 g/mol. The molecule has 4 aromatic rings. The molecule has 5 N–H and O–H groups in total. The van der Waals surface area contributed by atoms with E-state index in [-0.39, 0.29) is 11.3 Å². The Morgan fingerprint density at radius 2 is 1.71 bits per heavy atom. The van der Waals surface area contributed by atoms with Gasteiger partial charge in [0.15, 0.2) is 0 Å². The number of carbonyl (C=O) groups excluding carboxylic acids is 1. The van der Waals surface area contributed by atoms with E-state index in [0.717, 1.165) is 0 Å². The molecule has 0 bridgehead atoms. The van der Waals surface area contributed by atoms with Crippen LogP contribution in [0.25, 0.3) is 5.69 Å². The van der Waals surface area contributed by atoms with E-state index in [0.29, 0.717) is 29.1 Å². The molecule has 0 saturated heterocycles. The molecule has 1 amide bonds. The van der Waals surface area contributed by atoms with Gasteiger partial charge in [0, 0.05) is 18.2 Å². The van der Waals surface area contributed by atoms with E-state index >= 15 is 0 Å². The molecule has 14 heteroatoms. The third-order valence-corrected chi connectivity index (χ3v) is 6.78. The van der Waals surface area contributed by atoms with Crippen molar-refractivity contribution in [1.82, 2.24) is 20.1 Å². The number of benzene rings is 3. The topological polar surface area (TPSA) is 169 Å². The van der Waals surface area contributed by atoms with Crippen LogP contribution >= 0.6 is 0 Å². The fraction of sp³-hybridized carbons (Fsp3) is 0.0833. The van der Waals surface area contributed by atoms with E-state index in [1.165, 1.54) is 41.6 Å². The Morgan fingerprint density at radius 1 is 1.03 bits per heavy atom. The molecule has 1 aromatic heterocycles. The molecule has 0 aliphatic rings. The number of aliphatic carboxylic acids is 1. The van der Waals surface area contributed by atoms with Crippen molar-refractivity contribution in [2.75, 3.05) is 10.5 Å². The summed E-state index contributed by atoms with van der Waals surface area (Å²) in [5.41, 5.74) is 5.58. The highest BCUT2D eigenvalue weighted by molar-refractivity contribution is 7.92. The normalized spacial score (nSPS) is 12.1. The largest absolute Gasteiger partial charge is 0.480 e. The third-order valence-electron chi connectivity index (χ3n) is 5.40. The molecule has 0 aliphatic heterocycles. The van der Waals surface area contributed by atoms with E-state index < -0.39 is 50.8 Å². The fourth-order valence-electron chi connectivity index (χ4n) is 3.45. The quantitative estimate of drug-likeness (QED) is 0.234. The molecular weight excluding hydrogens is 522 g/mol. The van der Waals surface area contributed by atoms with Gasteiger partial charge < -0.3 is 16.2 Å². The summed E-state index contributed by atoms with van der Waals surface area (Å²) in [6.45, 7) is 0. The zero-order valence-electron chi connectivity index (χ0n) is 19.4. The van der Waals surface area contributed by atoms with Crippen LogP contribution in [-0.4, -0.2) is 46.2 Å². The SMILES string of the molecule is Nc1ccc(C[C@H](NC(=O)c2cc(F)c(NS(=O)(=O)c3ccc(-n4cncn4)cc3)cc2F)C(=O)O)cc1. The summed E-state index contributed by atoms with van der Waals surface area (Å²) in [5.74, 6) is -5.10. The number of nitrogens with zero attached hydrogens (tertiary/aromatic N) is 3. The molecule has 0 fully saturated rings. The lowest BCUT2D eigenvalue weighted by Gasteiger charge is -2.16. The molecule has 0 radical (unpaired) electrons. The number of amides is 1. The highest BCUT2D eigenvalue weighted by Crippen LogP contribution is 2.24. The summed E-state index contributed by atoms with van der Waals surface area (Å²) in [4.78, 5) is 27.8. The first-order valence-corrected chi connectivity index (χ1v) is 12.4. The molecule has 0 spiro atoms. The number of aromatic nitrogens is 3. The number of nitrogens with one attached hydrogen (secondary N) is 2. The smallest absolute Gasteiger partial charge is 0.326 e. The van der Waals surface area contributed by atoms with Crippen LogP contribution in [0.1, 0.15) is 15.9 Å². The number of carbonyl (C=O) groups is 2. The highest BCUT2D eigenvalue weighted by atomic mass is 32.2. The first-order valence-electron chi connectivity index (χ1n) is 10.9. The zero-order valence-corrected chi connectivity index (χ0v) is 20.2. The van der Waals surface area contributed by atoms with Crippen molar-refractivity contribution < 1.29 is 31.9 Å². The van der Waals surface area contributed by atoms with Gasteiger partial charge in [-0.15, -0.1) is 0 Å². The standard InChI is InChI=1S/C24H20F2N6O5S/c25-19-11-21(31-38(36,37)17-7-5-16(6-8-17)32-13-28-12-29-32)20(26)10-18(19)23(33)30-22(24(34)35)9-14-1-3-15(27)4-2-14/h1-8,10-13,22,31H,9,27H2,(H,30,33)(H,34,35)/t22-/m0/s1. The van der Waals surface area contributed by atoms with Crippen molar-refractivity contribution in [1.29, 1.82) is 0 Å². The lowest BCUT2D eigenvalue weighted by atomic mass is 10.0. The van der Waals surface area contributed by atoms with Crippen LogP contribution in [0.3, 0.4) is 0 Å². The Kier molecular flexibility index (Phi) is 7.34. The third kappa shape index (κ3) is 5.92. The van der Waals surface area contributed by atoms with Crippen molar-refractivity contribution in [2.24, 2.45) is 0 Å². The molecule has 0 saturated carbocycles. The molecule has 1 atom stereocenters. The maximum atomic E-state index is 14.8. The highest BCUT2D eigenvalue weighted by Gasteiger charge is 2.25. The van der Waals surface area contributed by atoms with E-state index in [1.807, 2.05) is 4.72 Å². The maximum absolute atomic E-state index is 14.8. The van der Waals surface area contributed by atoms with Crippen molar-refractivity contribution in [3.05, 3.63) is 96.1 Å². The van der Waals surface area contributed by atoms with E-state index in [2.05, 4.69) is 15.4 Å². The fourth-order valence-corrected chi connectivity index (χ4v) is 4.51. The average Bonchev–Trinajstić information content (AvgIpc) is 3.42. The van der Waals surface area contributed by atoms with Gasteiger partial charge in [0.05, 0.1) is 21.8 Å². The second-order valence-corrected chi connectivity index (χ2v) is 9.74. The van der Waals surface area contributed by atoms with E-state index in [4.69, 9.17) is 5.73 Å². The van der Waals surface area contributed by atoms with Crippen LogP contribution in [-0.2, 0) is 21.2 Å². The Labute approximate surface area is 215 Å². The number of sulfonamides is 1. The number of hydrogen-bond donors (Lipinski definition) is 4. The molecule has 1 heterocycles. The molecule has 0 unspecified atom stereocenters. The molecule has 4 rings (SSSR count). The molecule has 38 heavy (non-hydrogen) atoms. The van der Waals surface area contributed by atoms with Crippen molar-refractivity contribution in [3.63, 3.8) is 0 Å². The Hall–Kier alpha value is -4.85. The molecular formula is C24H20F2N6O5S. The molecule has 11 nitrogen and oxygen atoms in total. The van der Waals surface area contributed by atoms with Crippen LogP contribution in [0.4, 0.5) is 20.2 Å². The van der Waals surface area contributed by atoms with Gasteiger partial charge in [0.2, 0.25) is 0 Å². The Bertz CT molecular complexity index is 1580. The maximum Gasteiger partial charge on any atom is 0.326 e. The first-order chi connectivity index (χ1) is 18.0. The van der Waals surface area contributed by atoms with Gasteiger partial charge in [-0.1, -0.05) is 12.1 Å². The van der Waals surface area contributed by atoms with Crippen LogP contribution < -0.4 is 15.8 Å². The Balaban J connectivity index is 1.50. The molecule has 0 aliphatic carbocycles.